The first-order valence-corrected chi connectivity index (χ1v) is 11.4. The monoisotopic (exact) mass is 454 g/mol. The molecule has 2 aromatic carbocycles. The van der Waals surface area contributed by atoms with Gasteiger partial charge in [-0.3, -0.25) is 4.98 Å². The number of hydrogen-bond acceptors (Lipinski definition) is 3. The molecule has 0 amide bonds. The van der Waals surface area contributed by atoms with E-state index in [0.29, 0.717) is 10.8 Å². The quantitative estimate of drug-likeness (QED) is 0.389. The summed E-state index contributed by atoms with van der Waals surface area (Å²) in [4.78, 5) is 6.65. The predicted octanol–water partition coefficient (Wildman–Crippen LogP) is 5.68. The van der Waals surface area contributed by atoms with Gasteiger partial charge >= 0.3 is 0 Å². The Hall–Kier alpha value is -3.64. The van der Waals surface area contributed by atoms with Crippen LogP contribution in [0.25, 0.3) is 5.69 Å². The fourth-order valence-electron chi connectivity index (χ4n) is 4.78. The van der Waals surface area contributed by atoms with Gasteiger partial charge in [0.25, 0.3) is 0 Å². The van der Waals surface area contributed by atoms with Crippen LogP contribution in [0, 0.1) is 20.8 Å². The van der Waals surface area contributed by atoms with E-state index in [0.717, 1.165) is 28.3 Å². The van der Waals surface area contributed by atoms with Gasteiger partial charge in [-0.05, 0) is 81.0 Å². The summed E-state index contributed by atoms with van der Waals surface area (Å²) in [5.41, 5.74) is 7.35. The molecule has 0 spiro atoms. The third-order valence-electron chi connectivity index (χ3n) is 6.32. The number of aryl methyl sites for hydroxylation is 2. The van der Waals surface area contributed by atoms with Crippen LogP contribution in [0.15, 0.2) is 79.0 Å². The number of hydrogen-bond donors (Lipinski definition) is 2. The minimum atomic E-state index is -0.175. The van der Waals surface area contributed by atoms with Crippen LogP contribution in [0.3, 0.4) is 0 Å². The minimum absolute atomic E-state index is 0.162. The molecule has 2 N–H and O–H groups in total. The Morgan fingerprint density at radius 1 is 0.939 bits per heavy atom. The second-order valence-corrected chi connectivity index (χ2v) is 8.87. The van der Waals surface area contributed by atoms with Gasteiger partial charge in [0.05, 0.1) is 23.5 Å². The van der Waals surface area contributed by atoms with E-state index >= 15 is 0 Å². The summed E-state index contributed by atoms with van der Waals surface area (Å²) in [5.74, 6) is 0.195. The number of phenolic OH excluding ortho intramolecular Hbond substituents is 1. The van der Waals surface area contributed by atoms with Gasteiger partial charge in [-0.1, -0.05) is 35.9 Å². The Labute approximate surface area is 199 Å². The van der Waals surface area contributed by atoms with Crippen LogP contribution >= 0.6 is 12.2 Å². The molecular formula is C27H26N4OS. The van der Waals surface area contributed by atoms with Crippen molar-refractivity contribution in [2.24, 2.45) is 0 Å². The summed E-state index contributed by atoms with van der Waals surface area (Å²) in [6.07, 6.45) is 1.80. The molecule has 2 atom stereocenters. The van der Waals surface area contributed by atoms with Gasteiger partial charge in [-0.15, -0.1) is 0 Å². The number of rotatable bonds is 4. The van der Waals surface area contributed by atoms with E-state index in [1.54, 1.807) is 12.3 Å². The molecule has 0 radical (unpaired) electrons. The topological polar surface area (TPSA) is 53.3 Å². The maximum absolute atomic E-state index is 10.7. The van der Waals surface area contributed by atoms with Crippen LogP contribution in [-0.2, 0) is 0 Å². The third-order valence-corrected chi connectivity index (χ3v) is 6.64. The highest BCUT2D eigenvalue weighted by Crippen LogP contribution is 2.45. The molecule has 1 fully saturated rings. The van der Waals surface area contributed by atoms with Crippen molar-refractivity contribution in [1.29, 1.82) is 0 Å². The van der Waals surface area contributed by atoms with Gasteiger partial charge in [0.15, 0.2) is 5.11 Å². The molecule has 166 valence electrons. The zero-order valence-corrected chi connectivity index (χ0v) is 19.7. The Morgan fingerprint density at radius 3 is 2.36 bits per heavy atom. The van der Waals surface area contributed by atoms with Crippen molar-refractivity contribution >= 4 is 23.0 Å². The molecule has 5 rings (SSSR count). The van der Waals surface area contributed by atoms with Crippen LogP contribution in [0.1, 0.15) is 40.3 Å². The van der Waals surface area contributed by atoms with Crippen LogP contribution in [0.5, 0.6) is 5.75 Å². The number of aromatic nitrogens is 2. The Bertz CT molecular complexity index is 1310. The number of anilines is 1. The first-order valence-electron chi connectivity index (χ1n) is 11.0. The highest BCUT2D eigenvalue weighted by molar-refractivity contribution is 7.80. The first-order chi connectivity index (χ1) is 16.0. The lowest BCUT2D eigenvalue weighted by Crippen LogP contribution is -2.29. The summed E-state index contributed by atoms with van der Waals surface area (Å²) in [6, 6.07) is 23.7. The summed E-state index contributed by atoms with van der Waals surface area (Å²) in [5, 5.41) is 14.7. The highest BCUT2D eigenvalue weighted by Gasteiger charge is 2.43. The van der Waals surface area contributed by atoms with E-state index in [1.807, 2.05) is 41.3 Å². The van der Waals surface area contributed by atoms with Crippen molar-refractivity contribution in [3.63, 3.8) is 0 Å². The van der Waals surface area contributed by atoms with Gasteiger partial charge in [0.1, 0.15) is 5.75 Å². The molecule has 0 aliphatic carbocycles. The number of thiocarbonyl (C=S) groups is 1. The first kappa shape index (κ1) is 21.2. The Balaban J connectivity index is 1.69. The molecule has 5 nitrogen and oxygen atoms in total. The largest absolute Gasteiger partial charge is 0.506 e. The minimum Gasteiger partial charge on any atom is -0.506 e. The van der Waals surface area contributed by atoms with Crippen LogP contribution in [0.2, 0.25) is 0 Å². The SMILES string of the molecule is Cc1ccc(-n2c(C)cc([C@@H]3[C@@H](c4ccccn4)NC(=S)N3c3ccccc3O)c2C)cc1. The number of aromatic hydroxyl groups is 1. The van der Waals surface area contributed by atoms with Crippen molar-refractivity contribution in [1.82, 2.24) is 14.9 Å². The molecule has 2 aromatic heterocycles. The molecule has 0 unspecified atom stereocenters. The highest BCUT2D eigenvalue weighted by atomic mass is 32.1. The van der Waals surface area contributed by atoms with E-state index < -0.39 is 0 Å². The molecule has 6 heteroatoms. The molecule has 4 aromatic rings. The summed E-state index contributed by atoms with van der Waals surface area (Å²) in [6.45, 7) is 6.36. The maximum atomic E-state index is 10.7. The van der Waals surface area contributed by atoms with Crippen molar-refractivity contribution in [3.05, 3.63) is 107 Å². The molecular weight excluding hydrogens is 428 g/mol. The van der Waals surface area contributed by atoms with E-state index in [-0.39, 0.29) is 17.8 Å². The molecule has 1 saturated heterocycles. The number of nitrogens with one attached hydrogen (secondary N) is 1. The van der Waals surface area contributed by atoms with E-state index in [9.17, 15) is 5.11 Å². The predicted molar refractivity (Wildman–Crippen MR) is 136 cm³/mol. The lowest BCUT2D eigenvalue weighted by atomic mass is 9.96. The number of pyridine rings is 1. The van der Waals surface area contributed by atoms with Gasteiger partial charge in [-0.2, -0.15) is 0 Å². The van der Waals surface area contributed by atoms with E-state index in [1.165, 1.54) is 5.56 Å². The van der Waals surface area contributed by atoms with Crippen molar-refractivity contribution < 1.29 is 5.11 Å². The van der Waals surface area contributed by atoms with E-state index in [2.05, 4.69) is 66.0 Å². The normalized spacial score (nSPS) is 17.9. The lowest BCUT2D eigenvalue weighted by Gasteiger charge is -2.28. The Kier molecular flexibility index (Phi) is 5.38. The zero-order valence-electron chi connectivity index (χ0n) is 18.9. The van der Waals surface area contributed by atoms with Crippen LogP contribution in [0.4, 0.5) is 5.69 Å². The lowest BCUT2D eigenvalue weighted by molar-refractivity contribution is 0.472. The standard InChI is InChI=1S/C27H26N4OS/c1-17-11-13-20(14-12-17)30-18(2)16-21(19(30)3)26-25(22-8-6-7-15-28-22)29-27(33)31(26)23-9-4-5-10-24(23)32/h4-16,25-26,32H,1-3H3,(H,29,33)/t25-,26-/m1/s1. The fraction of sp³-hybridized carbons (Fsp3) is 0.185. The smallest absolute Gasteiger partial charge is 0.174 e. The Morgan fingerprint density at radius 2 is 1.67 bits per heavy atom. The van der Waals surface area contributed by atoms with Gasteiger partial charge in [0.2, 0.25) is 0 Å². The molecule has 0 saturated carbocycles. The third kappa shape index (κ3) is 3.66. The number of para-hydroxylation sites is 2. The average molecular weight is 455 g/mol. The van der Waals surface area contributed by atoms with Crippen LogP contribution in [-0.4, -0.2) is 19.8 Å². The number of benzene rings is 2. The number of phenols is 1. The van der Waals surface area contributed by atoms with Crippen LogP contribution < -0.4 is 10.2 Å². The summed E-state index contributed by atoms with van der Waals surface area (Å²) >= 11 is 5.80. The molecule has 1 aliphatic heterocycles. The summed E-state index contributed by atoms with van der Waals surface area (Å²) < 4.78 is 2.27. The van der Waals surface area contributed by atoms with Gasteiger partial charge in [0, 0.05) is 23.3 Å². The fourth-order valence-corrected chi connectivity index (χ4v) is 5.12. The second-order valence-electron chi connectivity index (χ2n) is 8.48. The zero-order chi connectivity index (χ0) is 23.1. The molecule has 1 aliphatic rings. The second kappa shape index (κ2) is 8.37. The molecule has 33 heavy (non-hydrogen) atoms. The maximum Gasteiger partial charge on any atom is 0.174 e. The van der Waals surface area contributed by atoms with Crippen molar-refractivity contribution in [2.75, 3.05) is 4.90 Å². The van der Waals surface area contributed by atoms with Crippen molar-refractivity contribution in [3.8, 4) is 11.4 Å². The van der Waals surface area contributed by atoms with Gasteiger partial charge in [-0.25, -0.2) is 0 Å². The summed E-state index contributed by atoms with van der Waals surface area (Å²) in [7, 11) is 0. The van der Waals surface area contributed by atoms with E-state index in [4.69, 9.17) is 12.2 Å². The average Bonchev–Trinajstić information content (AvgIpc) is 3.31. The van der Waals surface area contributed by atoms with Gasteiger partial charge < -0.3 is 19.9 Å². The molecule has 3 heterocycles. The van der Waals surface area contributed by atoms with Crippen molar-refractivity contribution in [2.45, 2.75) is 32.9 Å². The molecule has 0 bridgehead atoms. The number of nitrogens with zero attached hydrogens (tertiary/aromatic N) is 3.